The SMILES string of the molecule is Cn1cc(S[C@H]2CCC[C@@H]2O)cn1. The Hall–Kier alpha value is -0.480. The van der Waals surface area contributed by atoms with Crippen LogP contribution in [0, 0.1) is 0 Å². The zero-order chi connectivity index (χ0) is 9.26. The van der Waals surface area contributed by atoms with E-state index in [0.717, 1.165) is 24.2 Å². The van der Waals surface area contributed by atoms with E-state index >= 15 is 0 Å². The summed E-state index contributed by atoms with van der Waals surface area (Å²) in [5.41, 5.74) is 0. The molecule has 13 heavy (non-hydrogen) atoms. The van der Waals surface area contributed by atoms with Gasteiger partial charge in [0.25, 0.3) is 0 Å². The smallest absolute Gasteiger partial charge is 0.0662 e. The second kappa shape index (κ2) is 3.72. The average Bonchev–Trinajstić information content (AvgIpc) is 2.64. The molecule has 1 aromatic rings. The summed E-state index contributed by atoms with van der Waals surface area (Å²) >= 11 is 1.75. The van der Waals surface area contributed by atoms with Gasteiger partial charge in [-0.15, -0.1) is 11.8 Å². The van der Waals surface area contributed by atoms with Crippen molar-refractivity contribution in [2.75, 3.05) is 0 Å². The number of hydrogen-bond donors (Lipinski definition) is 1. The molecule has 0 radical (unpaired) electrons. The monoisotopic (exact) mass is 198 g/mol. The molecule has 1 N–H and O–H groups in total. The summed E-state index contributed by atoms with van der Waals surface area (Å²) in [5.74, 6) is 0. The third-order valence-corrected chi connectivity index (χ3v) is 3.72. The predicted octanol–water partition coefficient (Wildman–Crippen LogP) is 1.43. The average molecular weight is 198 g/mol. The van der Waals surface area contributed by atoms with E-state index in [0.29, 0.717) is 5.25 Å². The molecule has 0 spiro atoms. The van der Waals surface area contributed by atoms with E-state index in [4.69, 9.17) is 0 Å². The van der Waals surface area contributed by atoms with Gasteiger partial charge in [-0.05, 0) is 19.3 Å². The lowest BCUT2D eigenvalue weighted by Crippen LogP contribution is -2.14. The Morgan fingerprint density at radius 1 is 1.62 bits per heavy atom. The largest absolute Gasteiger partial charge is 0.392 e. The number of aryl methyl sites for hydroxylation is 1. The molecule has 1 saturated carbocycles. The van der Waals surface area contributed by atoms with Crippen molar-refractivity contribution in [3.05, 3.63) is 12.4 Å². The maximum Gasteiger partial charge on any atom is 0.0662 e. The highest BCUT2D eigenvalue weighted by Gasteiger charge is 2.26. The Morgan fingerprint density at radius 2 is 2.46 bits per heavy atom. The van der Waals surface area contributed by atoms with E-state index < -0.39 is 0 Å². The topological polar surface area (TPSA) is 38.0 Å². The first-order valence-corrected chi connectivity index (χ1v) is 5.47. The molecule has 0 unspecified atom stereocenters. The third kappa shape index (κ3) is 2.06. The zero-order valence-electron chi connectivity index (χ0n) is 7.68. The molecule has 1 heterocycles. The quantitative estimate of drug-likeness (QED) is 0.781. The first-order chi connectivity index (χ1) is 6.25. The van der Waals surface area contributed by atoms with Gasteiger partial charge in [-0.1, -0.05) is 0 Å². The molecular formula is C9H14N2OS. The van der Waals surface area contributed by atoms with Crippen LogP contribution in [0.5, 0.6) is 0 Å². The molecule has 2 atom stereocenters. The van der Waals surface area contributed by atoms with Gasteiger partial charge in [-0.2, -0.15) is 5.10 Å². The molecule has 0 amide bonds. The summed E-state index contributed by atoms with van der Waals surface area (Å²) in [5, 5.41) is 14.1. The van der Waals surface area contributed by atoms with E-state index in [9.17, 15) is 5.11 Å². The van der Waals surface area contributed by atoms with E-state index in [1.807, 2.05) is 19.4 Å². The fraction of sp³-hybridized carbons (Fsp3) is 0.667. The molecule has 4 heteroatoms. The number of rotatable bonds is 2. The molecule has 3 nitrogen and oxygen atoms in total. The van der Waals surface area contributed by atoms with Crippen LogP contribution in [-0.4, -0.2) is 26.2 Å². The molecule has 0 saturated heterocycles. The van der Waals surface area contributed by atoms with Crippen LogP contribution < -0.4 is 0 Å². The van der Waals surface area contributed by atoms with Crippen LogP contribution in [0.2, 0.25) is 0 Å². The van der Waals surface area contributed by atoms with Crippen LogP contribution in [0.25, 0.3) is 0 Å². The fourth-order valence-corrected chi connectivity index (χ4v) is 2.93. The summed E-state index contributed by atoms with van der Waals surface area (Å²) in [6.07, 6.45) is 6.97. The van der Waals surface area contributed by atoms with Crippen LogP contribution >= 0.6 is 11.8 Å². The Labute approximate surface area is 82.1 Å². The summed E-state index contributed by atoms with van der Waals surface area (Å²) in [6, 6.07) is 0. The lowest BCUT2D eigenvalue weighted by Gasteiger charge is -2.11. The van der Waals surface area contributed by atoms with Crippen molar-refractivity contribution >= 4 is 11.8 Å². The van der Waals surface area contributed by atoms with E-state index in [2.05, 4.69) is 5.10 Å². The Morgan fingerprint density at radius 3 is 3.00 bits per heavy atom. The van der Waals surface area contributed by atoms with Crippen molar-refractivity contribution in [1.82, 2.24) is 9.78 Å². The molecule has 2 rings (SSSR count). The lowest BCUT2D eigenvalue weighted by atomic mass is 10.3. The van der Waals surface area contributed by atoms with Crippen molar-refractivity contribution < 1.29 is 5.11 Å². The molecule has 1 aliphatic carbocycles. The number of aliphatic hydroxyl groups is 1. The highest BCUT2D eigenvalue weighted by molar-refractivity contribution is 8.00. The van der Waals surface area contributed by atoms with Gasteiger partial charge in [0.05, 0.1) is 12.3 Å². The van der Waals surface area contributed by atoms with Gasteiger partial charge in [0.15, 0.2) is 0 Å². The van der Waals surface area contributed by atoms with Crippen molar-refractivity contribution in [1.29, 1.82) is 0 Å². The number of nitrogens with zero attached hydrogens (tertiary/aromatic N) is 2. The normalized spacial score (nSPS) is 28.2. The predicted molar refractivity (Wildman–Crippen MR) is 52.7 cm³/mol. The summed E-state index contributed by atoms with van der Waals surface area (Å²) < 4.78 is 1.80. The van der Waals surface area contributed by atoms with Crippen molar-refractivity contribution in [2.45, 2.75) is 35.5 Å². The number of aliphatic hydroxyl groups excluding tert-OH is 1. The summed E-state index contributed by atoms with van der Waals surface area (Å²) in [7, 11) is 1.91. The second-order valence-corrected chi connectivity index (χ2v) is 4.82. The van der Waals surface area contributed by atoms with E-state index in [1.54, 1.807) is 16.4 Å². The molecule has 1 aliphatic rings. The number of hydrogen-bond acceptors (Lipinski definition) is 3. The number of thioether (sulfide) groups is 1. The van der Waals surface area contributed by atoms with E-state index in [-0.39, 0.29) is 6.10 Å². The van der Waals surface area contributed by atoms with Gasteiger partial charge in [0, 0.05) is 23.4 Å². The molecule has 1 fully saturated rings. The van der Waals surface area contributed by atoms with Crippen LogP contribution in [0.15, 0.2) is 17.3 Å². The van der Waals surface area contributed by atoms with Gasteiger partial charge in [0.1, 0.15) is 0 Å². The molecular weight excluding hydrogens is 184 g/mol. The van der Waals surface area contributed by atoms with Crippen LogP contribution in [0.3, 0.4) is 0 Å². The third-order valence-electron chi connectivity index (χ3n) is 2.39. The first kappa shape index (κ1) is 9.09. The Kier molecular flexibility index (Phi) is 2.60. The lowest BCUT2D eigenvalue weighted by molar-refractivity contribution is 0.188. The highest BCUT2D eigenvalue weighted by Crippen LogP contribution is 2.34. The Bertz CT molecular complexity index is 287. The minimum absolute atomic E-state index is 0.120. The minimum Gasteiger partial charge on any atom is -0.392 e. The van der Waals surface area contributed by atoms with Gasteiger partial charge in [0.2, 0.25) is 0 Å². The standard InChI is InChI=1S/C9H14N2OS/c1-11-6-7(5-10-11)13-9-4-2-3-8(9)12/h5-6,8-9,12H,2-4H2,1H3/t8-,9-/m0/s1. The summed E-state index contributed by atoms with van der Waals surface area (Å²) in [4.78, 5) is 1.16. The van der Waals surface area contributed by atoms with Gasteiger partial charge >= 0.3 is 0 Å². The summed E-state index contributed by atoms with van der Waals surface area (Å²) in [6.45, 7) is 0. The maximum absolute atomic E-state index is 9.61. The molecule has 0 aliphatic heterocycles. The molecule has 1 aromatic heterocycles. The molecule has 0 bridgehead atoms. The van der Waals surface area contributed by atoms with Crippen molar-refractivity contribution in [3.63, 3.8) is 0 Å². The van der Waals surface area contributed by atoms with Crippen molar-refractivity contribution in [2.24, 2.45) is 7.05 Å². The maximum atomic E-state index is 9.61. The zero-order valence-corrected chi connectivity index (χ0v) is 8.50. The molecule has 0 aromatic carbocycles. The molecule has 72 valence electrons. The van der Waals surface area contributed by atoms with Gasteiger partial charge < -0.3 is 5.11 Å². The van der Waals surface area contributed by atoms with Gasteiger partial charge in [-0.3, -0.25) is 4.68 Å². The fourth-order valence-electron chi connectivity index (χ4n) is 1.68. The number of aromatic nitrogens is 2. The van der Waals surface area contributed by atoms with Crippen LogP contribution in [0.4, 0.5) is 0 Å². The second-order valence-electron chi connectivity index (χ2n) is 3.50. The van der Waals surface area contributed by atoms with Crippen LogP contribution in [-0.2, 0) is 7.05 Å². The van der Waals surface area contributed by atoms with Crippen molar-refractivity contribution in [3.8, 4) is 0 Å². The first-order valence-electron chi connectivity index (χ1n) is 4.59. The minimum atomic E-state index is -0.120. The highest BCUT2D eigenvalue weighted by atomic mass is 32.2. The Balaban J connectivity index is 1.97. The van der Waals surface area contributed by atoms with Crippen LogP contribution in [0.1, 0.15) is 19.3 Å². The van der Waals surface area contributed by atoms with E-state index in [1.165, 1.54) is 0 Å². The van der Waals surface area contributed by atoms with Gasteiger partial charge in [-0.25, -0.2) is 0 Å².